The summed E-state index contributed by atoms with van der Waals surface area (Å²) in [6, 6.07) is 19.8. The Hall–Kier alpha value is -2.79. The summed E-state index contributed by atoms with van der Waals surface area (Å²) in [6.07, 6.45) is 0.554. The fraction of sp³-hybridized carbons (Fsp3) is 0.100. The number of sulfone groups is 1. The van der Waals surface area contributed by atoms with Crippen molar-refractivity contribution < 1.29 is 18.3 Å². The van der Waals surface area contributed by atoms with Crippen LogP contribution in [0.5, 0.6) is 17.2 Å². The van der Waals surface area contributed by atoms with Gasteiger partial charge in [-0.25, -0.2) is 8.42 Å². The fourth-order valence-electron chi connectivity index (χ4n) is 2.53. The number of phenolic OH excluding ortho intramolecular Hbond substituents is 1. The van der Waals surface area contributed by atoms with E-state index in [1.807, 2.05) is 37.3 Å². The van der Waals surface area contributed by atoms with Gasteiger partial charge in [-0.3, -0.25) is 0 Å². The van der Waals surface area contributed by atoms with Crippen molar-refractivity contribution in [1.29, 1.82) is 0 Å². The lowest BCUT2D eigenvalue weighted by atomic mass is 10.1. The largest absolute Gasteiger partial charge is 0.508 e. The molecule has 0 amide bonds. The summed E-state index contributed by atoms with van der Waals surface area (Å²) in [5, 5.41) is 9.36. The van der Waals surface area contributed by atoms with Crippen molar-refractivity contribution in [3.05, 3.63) is 78.4 Å². The minimum absolute atomic E-state index is 0.0290. The molecule has 0 radical (unpaired) electrons. The van der Waals surface area contributed by atoms with Crippen molar-refractivity contribution in [1.82, 2.24) is 0 Å². The number of hydrogen-bond donors (Lipinski definition) is 1. The van der Waals surface area contributed by atoms with Gasteiger partial charge in [0.05, 0.1) is 9.79 Å². The van der Waals surface area contributed by atoms with Crippen molar-refractivity contribution in [2.45, 2.75) is 23.1 Å². The molecule has 3 aromatic carbocycles. The second-order valence-corrected chi connectivity index (χ2v) is 7.45. The Balaban J connectivity index is 1.98. The number of rotatable bonds is 5. The molecule has 4 nitrogen and oxygen atoms in total. The summed E-state index contributed by atoms with van der Waals surface area (Å²) < 4.78 is 31.5. The van der Waals surface area contributed by atoms with Gasteiger partial charge in [-0.15, -0.1) is 0 Å². The van der Waals surface area contributed by atoms with Crippen LogP contribution in [-0.4, -0.2) is 13.5 Å². The average Bonchev–Trinajstić information content (AvgIpc) is 2.62. The van der Waals surface area contributed by atoms with E-state index in [0.717, 1.165) is 0 Å². The number of ether oxygens (including phenoxy) is 1. The molecule has 0 saturated heterocycles. The molecule has 0 saturated carbocycles. The normalized spacial score (nSPS) is 11.2. The van der Waals surface area contributed by atoms with Gasteiger partial charge in [0.2, 0.25) is 9.84 Å². The second kappa shape index (κ2) is 6.99. The van der Waals surface area contributed by atoms with Crippen molar-refractivity contribution >= 4 is 9.84 Å². The molecule has 0 fully saturated rings. The van der Waals surface area contributed by atoms with Crippen LogP contribution in [0.2, 0.25) is 0 Å². The summed E-state index contributed by atoms with van der Waals surface area (Å²) in [6.45, 7) is 1.90. The average molecular weight is 354 g/mol. The van der Waals surface area contributed by atoms with Crippen LogP contribution in [0.3, 0.4) is 0 Å². The second-order valence-electron chi connectivity index (χ2n) is 5.54. The number of aryl methyl sites for hydroxylation is 1. The summed E-state index contributed by atoms with van der Waals surface area (Å²) >= 11 is 0. The van der Waals surface area contributed by atoms with Crippen molar-refractivity contribution in [2.24, 2.45) is 0 Å². The van der Waals surface area contributed by atoms with E-state index in [1.165, 1.54) is 24.3 Å². The number of hydrogen-bond acceptors (Lipinski definition) is 4. The lowest BCUT2D eigenvalue weighted by Crippen LogP contribution is -2.05. The van der Waals surface area contributed by atoms with Crippen molar-refractivity contribution in [3.63, 3.8) is 0 Å². The molecule has 0 heterocycles. The van der Waals surface area contributed by atoms with Crippen LogP contribution >= 0.6 is 0 Å². The lowest BCUT2D eigenvalue weighted by molar-refractivity contribution is 0.475. The van der Waals surface area contributed by atoms with Gasteiger partial charge >= 0.3 is 0 Å². The molecule has 0 spiro atoms. The van der Waals surface area contributed by atoms with Gasteiger partial charge in [-0.2, -0.15) is 0 Å². The van der Waals surface area contributed by atoms with E-state index in [2.05, 4.69) is 0 Å². The van der Waals surface area contributed by atoms with Gasteiger partial charge < -0.3 is 9.84 Å². The first-order chi connectivity index (χ1) is 12.0. The number of aromatic hydroxyl groups is 1. The van der Waals surface area contributed by atoms with Crippen molar-refractivity contribution in [2.75, 3.05) is 0 Å². The maximum Gasteiger partial charge on any atom is 0.206 e. The van der Waals surface area contributed by atoms with Gasteiger partial charge in [0.25, 0.3) is 0 Å². The van der Waals surface area contributed by atoms with Crippen LogP contribution in [0.4, 0.5) is 0 Å². The van der Waals surface area contributed by atoms with Crippen LogP contribution in [-0.2, 0) is 16.3 Å². The van der Waals surface area contributed by atoms with Crippen LogP contribution in [0.25, 0.3) is 0 Å². The Morgan fingerprint density at radius 2 is 1.56 bits per heavy atom. The van der Waals surface area contributed by atoms with E-state index in [-0.39, 0.29) is 15.5 Å². The van der Waals surface area contributed by atoms with Gasteiger partial charge in [0.1, 0.15) is 17.2 Å². The van der Waals surface area contributed by atoms with Crippen molar-refractivity contribution in [3.8, 4) is 17.2 Å². The zero-order chi connectivity index (χ0) is 17.9. The maximum absolute atomic E-state index is 12.9. The van der Waals surface area contributed by atoms with Gasteiger partial charge in [-0.1, -0.05) is 25.1 Å². The number of benzene rings is 3. The van der Waals surface area contributed by atoms with E-state index in [1.54, 1.807) is 18.2 Å². The summed E-state index contributed by atoms with van der Waals surface area (Å²) in [4.78, 5) is 0.401. The van der Waals surface area contributed by atoms with E-state index >= 15 is 0 Å². The molecule has 1 N–H and O–H groups in total. The topological polar surface area (TPSA) is 63.6 Å². The highest BCUT2D eigenvalue weighted by atomic mass is 32.2. The predicted molar refractivity (Wildman–Crippen MR) is 95.9 cm³/mol. The molecular formula is C20H18O4S. The lowest BCUT2D eigenvalue weighted by Gasteiger charge is -2.12. The molecule has 0 aliphatic carbocycles. The predicted octanol–water partition coefficient (Wildman–Crippen LogP) is 4.58. The van der Waals surface area contributed by atoms with E-state index < -0.39 is 9.84 Å². The third-order valence-electron chi connectivity index (χ3n) is 3.83. The number of phenols is 1. The highest BCUT2D eigenvalue weighted by Crippen LogP contribution is 2.30. The molecule has 128 valence electrons. The summed E-state index contributed by atoms with van der Waals surface area (Å²) in [5.41, 5.74) is 0.682. The Morgan fingerprint density at radius 1 is 0.880 bits per heavy atom. The molecular weight excluding hydrogens is 336 g/mol. The monoisotopic (exact) mass is 354 g/mol. The zero-order valence-corrected chi connectivity index (χ0v) is 14.5. The van der Waals surface area contributed by atoms with Crippen LogP contribution in [0, 0.1) is 0 Å². The fourth-order valence-corrected chi connectivity index (χ4v) is 4.08. The quantitative estimate of drug-likeness (QED) is 0.728. The molecule has 0 aromatic heterocycles. The van der Waals surface area contributed by atoms with Gasteiger partial charge in [0, 0.05) is 0 Å². The molecule has 0 aliphatic heterocycles. The Kier molecular flexibility index (Phi) is 4.76. The van der Waals surface area contributed by atoms with E-state index in [0.29, 0.717) is 23.5 Å². The molecule has 3 aromatic rings. The molecule has 25 heavy (non-hydrogen) atoms. The smallest absolute Gasteiger partial charge is 0.206 e. The number of para-hydroxylation sites is 1. The third kappa shape index (κ3) is 3.67. The zero-order valence-electron chi connectivity index (χ0n) is 13.7. The minimum Gasteiger partial charge on any atom is -0.508 e. The highest BCUT2D eigenvalue weighted by Gasteiger charge is 2.21. The molecule has 0 unspecified atom stereocenters. The maximum atomic E-state index is 12.9. The minimum atomic E-state index is -3.65. The molecule has 0 atom stereocenters. The Bertz CT molecular complexity index is 962. The first kappa shape index (κ1) is 17.0. The van der Waals surface area contributed by atoms with E-state index in [4.69, 9.17) is 4.74 Å². The highest BCUT2D eigenvalue weighted by molar-refractivity contribution is 7.91. The Morgan fingerprint density at radius 3 is 2.20 bits per heavy atom. The van der Waals surface area contributed by atoms with Crippen LogP contribution in [0.1, 0.15) is 12.5 Å². The molecule has 0 aliphatic rings. The summed E-state index contributed by atoms with van der Waals surface area (Å²) in [7, 11) is -3.65. The standard InChI is InChI=1S/C20H18O4S/c1-2-15-14-18(24-17-6-4-3-5-7-17)10-13-20(15)25(22,23)19-11-8-16(21)9-12-19/h3-14,21H,2H2,1H3. The Labute approximate surface area is 147 Å². The first-order valence-corrected chi connectivity index (χ1v) is 9.39. The van der Waals surface area contributed by atoms with Crippen LogP contribution < -0.4 is 4.74 Å². The molecule has 5 heteroatoms. The third-order valence-corrected chi connectivity index (χ3v) is 5.70. The summed E-state index contributed by atoms with van der Waals surface area (Å²) in [5.74, 6) is 1.31. The van der Waals surface area contributed by atoms with Gasteiger partial charge in [-0.05, 0) is 66.6 Å². The van der Waals surface area contributed by atoms with Gasteiger partial charge in [0.15, 0.2) is 0 Å². The molecule has 0 bridgehead atoms. The van der Waals surface area contributed by atoms with Crippen LogP contribution in [0.15, 0.2) is 82.6 Å². The van der Waals surface area contributed by atoms with E-state index in [9.17, 15) is 13.5 Å². The first-order valence-electron chi connectivity index (χ1n) is 7.90. The SMILES string of the molecule is CCc1cc(Oc2ccccc2)ccc1S(=O)(=O)c1ccc(O)cc1. The molecule has 3 rings (SSSR count).